The number of hydrogen-bond acceptors (Lipinski definition) is 8. The molecule has 0 spiro atoms. The summed E-state index contributed by atoms with van der Waals surface area (Å²) in [5, 5.41) is 2.99. The minimum atomic E-state index is -4.83. The number of nitrogens with two attached hydrogens (primary N) is 1. The summed E-state index contributed by atoms with van der Waals surface area (Å²) in [6.45, 7) is 0.00752. The number of nitrogen functional groups attached to an aromatic ring is 1. The first-order valence-corrected chi connectivity index (χ1v) is 11.3. The van der Waals surface area contributed by atoms with E-state index in [0.29, 0.717) is 16.9 Å². The smallest absolute Gasteiger partial charge is 0.497 e. The number of nitrogens with one attached hydrogen (secondary N) is 1. The Morgan fingerprint density at radius 3 is 2.11 bits per heavy atom. The predicted molar refractivity (Wildman–Crippen MR) is 133 cm³/mol. The Balaban J connectivity index is 1.67. The number of nitrogens with zero attached hydrogens (tertiary/aromatic N) is 4. The zero-order valence-electron chi connectivity index (χ0n) is 20.1. The summed E-state index contributed by atoms with van der Waals surface area (Å²) in [5.74, 6) is 0.519. The van der Waals surface area contributed by atoms with E-state index >= 15 is 0 Å². The van der Waals surface area contributed by atoms with E-state index in [4.69, 9.17) is 10.5 Å². The molecule has 0 amide bonds. The van der Waals surface area contributed by atoms with Crippen molar-refractivity contribution in [1.29, 1.82) is 0 Å². The third-order valence-electron chi connectivity index (χ3n) is 5.51. The Labute approximate surface area is 214 Å². The van der Waals surface area contributed by atoms with Crippen LogP contribution in [0.4, 0.5) is 24.9 Å². The van der Waals surface area contributed by atoms with Crippen LogP contribution in [0.1, 0.15) is 16.7 Å². The molecule has 0 aliphatic heterocycles. The van der Waals surface area contributed by atoms with Gasteiger partial charge in [-0.1, -0.05) is 30.3 Å². The molecule has 2 heterocycles. The van der Waals surface area contributed by atoms with Gasteiger partial charge in [0.25, 0.3) is 0 Å². The van der Waals surface area contributed by atoms with Crippen LogP contribution in [0.25, 0.3) is 0 Å². The van der Waals surface area contributed by atoms with E-state index in [-0.39, 0.29) is 31.4 Å². The molecule has 4 rings (SSSR count). The van der Waals surface area contributed by atoms with Gasteiger partial charge in [-0.3, -0.25) is 4.57 Å². The average Bonchev–Trinajstić information content (AvgIpc) is 2.88. The van der Waals surface area contributed by atoms with Crippen molar-refractivity contribution in [3.05, 3.63) is 105 Å². The lowest BCUT2D eigenvalue weighted by Crippen LogP contribution is -2.43. The molecule has 10 nitrogen and oxygen atoms in total. The summed E-state index contributed by atoms with van der Waals surface area (Å²) < 4.78 is 48.6. The third-order valence-corrected chi connectivity index (χ3v) is 5.51. The van der Waals surface area contributed by atoms with E-state index in [1.807, 2.05) is 0 Å². The van der Waals surface area contributed by atoms with Gasteiger partial charge in [0.2, 0.25) is 5.95 Å². The number of ether oxygens (including phenoxy) is 2. The van der Waals surface area contributed by atoms with Gasteiger partial charge in [0.1, 0.15) is 17.3 Å². The molecule has 38 heavy (non-hydrogen) atoms. The molecule has 3 N–H and O–H groups in total. The van der Waals surface area contributed by atoms with Crippen molar-refractivity contribution in [2.45, 2.75) is 26.0 Å². The topological polar surface area (TPSA) is 126 Å². The van der Waals surface area contributed by atoms with E-state index in [1.165, 1.54) is 23.8 Å². The van der Waals surface area contributed by atoms with Crippen LogP contribution < -0.4 is 31.9 Å². The number of alkyl halides is 3. The Hall–Kier alpha value is -4.81. The van der Waals surface area contributed by atoms with Gasteiger partial charge in [-0.15, -0.1) is 13.2 Å². The van der Waals surface area contributed by atoms with Crippen LogP contribution in [-0.4, -0.2) is 32.6 Å². The molecule has 0 unspecified atom stereocenters. The fraction of sp³-hybridized carbons (Fsp3) is 0.200. The number of hydrogen-bond donors (Lipinski definition) is 2. The highest BCUT2D eigenvalue weighted by molar-refractivity contribution is 5.41. The summed E-state index contributed by atoms with van der Waals surface area (Å²) in [4.78, 5) is 34.4. The molecule has 198 valence electrons. The van der Waals surface area contributed by atoms with Crippen molar-refractivity contribution >= 4 is 11.8 Å². The van der Waals surface area contributed by atoms with Gasteiger partial charge in [-0.25, -0.2) is 19.1 Å². The fourth-order valence-electron chi connectivity index (χ4n) is 3.61. The maximum absolute atomic E-state index is 13.5. The highest BCUT2D eigenvalue weighted by atomic mass is 19.4. The lowest BCUT2D eigenvalue weighted by molar-refractivity contribution is -0.274. The molecule has 2 aromatic heterocycles. The number of methoxy groups -OCH3 is 1. The van der Waals surface area contributed by atoms with Crippen molar-refractivity contribution in [1.82, 2.24) is 19.1 Å². The quantitative estimate of drug-likeness (QED) is 0.340. The first-order chi connectivity index (χ1) is 18.1. The summed E-state index contributed by atoms with van der Waals surface area (Å²) >= 11 is 0. The number of benzene rings is 2. The van der Waals surface area contributed by atoms with Crippen LogP contribution in [0.2, 0.25) is 0 Å². The second-order valence-corrected chi connectivity index (χ2v) is 8.11. The first kappa shape index (κ1) is 26.3. The lowest BCUT2D eigenvalue weighted by atomic mass is 10.2. The number of pyridine rings is 1. The van der Waals surface area contributed by atoms with Crippen LogP contribution in [0.15, 0.2) is 76.4 Å². The highest BCUT2D eigenvalue weighted by Gasteiger charge is 2.31. The Kier molecular flexibility index (Phi) is 7.65. The maximum atomic E-state index is 13.5. The van der Waals surface area contributed by atoms with Crippen molar-refractivity contribution in [3.63, 3.8) is 0 Å². The van der Waals surface area contributed by atoms with Gasteiger partial charge in [0.05, 0.1) is 20.2 Å². The molecule has 0 aliphatic rings. The summed E-state index contributed by atoms with van der Waals surface area (Å²) in [7, 11) is 1.53. The van der Waals surface area contributed by atoms with Gasteiger partial charge < -0.3 is 20.5 Å². The van der Waals surface area contributed by atoms with Crippen LogP contribution in [0.5, 0.6) is 11.5 Å². The summed E-state index contributed by atoms with van der Waals surface area (Å²) in [6, 6.07) is 15.3. The molecule has 0 bridgehead atoms. The van der Waals surface area contributed by atoms with E-state index < -0.39 is 23.5 Å². The molecular weight excluding hydrogens is 505 g/mol. The molecule has 13 heteroatoms. The average molecular weight is 528 g/mol. The van der Waals surface area contributed by atoms with E-state index in [9.17, 15) is 22.8 Å². The van der Waals surface area contributed by atoms with Crippen LogP contribution in [0.3, 0.4) is 0 Å². The number of aromatic nitrogens is 4. The standard InChI is InChI=1S/C25H23F3N6O4/c1-37-19-8-4-16(5-9-19)14-33-22(31-13-18-3-2-12-30-21(18)29)32-23(35)34(24(33)36)15-17-6-10-20(11-7-17)38-25(26,27)28/h2-12H,13-15H2,1H3,(H2,29,30)(H,31,32,35). The molecule has 0 atom stereocenters. The number of rotatable bonds is 9. The Bertz CT molecular complexity index is 1520. The van der Waals surface area contributed by atoms with Crippen LogP contribution >= 0.6 is 0 Å². The lowest BCUT2D eigenvalue weighted by Gasteiger charge is -2.16. The molecular formula is C25H23F3N6O4. The largest absolute Gasteiger partial charge is 0.573 e. The zero-order chi connectivity index (χ0) is 27.3. The zero-order valence-corrected chi connectivity index (χ0v) is 20.1. The van der Waals surface area contributed by atoms with Gasteiger partial charge in [0.15, 0.2) is 0 Å². The van der Waals surface area contributed by atoms with Crippen LogP contribution in [-0.2, 0) is 19.6 Å². The van der Waals surface area contributed by atoms with Crippen LogP contribution in [0, 0.1) is 0 Å². The molecule has 0 radical (unpaired) electrons. The second-order valence-electron chi connectivity index (χ2n) is 8.11. The monoisotopic (exact) mass is 528 g/mol. The molecule has 0 saturated heterocycles. The van der Waals surface area contributed by atoms with Crippen molar-refractivity contribution in [2.24, 2.45) is 0 Å². The van der Waals surface area contributed by atoms with E-state index in [0.717, 1.165) is 22.3 Å². The van der Waals surface area contributed by atoms with E-state index in [2.05, 4.69) is 20.0 Å². The first-order valence-electron chi connectivity index (χ1n) is 11.3. The highest BCUT2D eigenvalue weighted by Crippen LogP contribution is 2.23. The molecule has 0 saturated carbocycles. The summed E-state index contributed by atoms with van der Waals surface area (Å²) in [5.41, 5.74) is 6.17. The maximum Gasteiger partial charge on any atom is 0.573 e. The number of anilines is 2. The van der Waals surface area contributed by atoms with Crippen molar-refractivity contribution in [2.75, 3.05) is 18.2 Å². The fourth-order valence-corrected chi connectivity index (χ4v) is 3.61. The minimum Gasteiger partial charge on any atom is -0.497 e. The van der Waals surface area contributed by atoms with Gasteiger partial charge >= 0.3 is 17.7 Å². The Morgan fingerprint density at radius 1 is 0.921 bits per heavy atom. The SMILES string of the molecule is COc1ccc(Cn2c(NCc3cccnc3N)nc(=O)n(Cc3ccc(OC(F)(F)F)cc3)c2=O)cc1. The second kappa shape index (κ2) is 11.1. The minimum absolute atomic E-state index is 0.0178. The van der Waals surface area contributed by atoms with Gasteiger partial charge in [-0.2, -0.15) is 4.98 Å². The molecule has 2 aromatic carbocycles. The van der Waals surface area contributed by atoms with E-state index in [1.54, 1.807) is 42.6 Å². The molecule has 4 aromatic rings. The third kappa shape index (κ3) is 6.49. The number of halogens is 3. The normalized spacial score (nSPS) is 11.3. The van der Waals surface area contributed by atoms with Crippen molar-refractivity contribution in [3.8, 4) is 11.5 Å². The molecule has 0 fully saturated rings. The predicted octanol–water partition coefficient (Wildman–Crippen LogP) is 3.00. The Morgan fingerprint density at radius 2 is 1.53 bits per heavy atom. The molecule has 0 aliphatic carbocycles. The summed E-state index contributed by atoms with van der Waals surface area (Å²) in [6.07, 6.45) is -3.29. The van der Waals surface area contributed by atoms with Crippen molar-refractivity contribution < 1.29 is 22.6 Å². The van der Waals surface area contributed by atoms with Gasteiger partial charge in [0, 0.05) is 18.3 Å². The van der Waals surface area contributed by atoms with Gasteiger partial charge in [-0.05, 0) is 41.5 Å².